The quantitative estimate of drug-likeness (QED) is 0.726. The minimum absolute atomic E-state index is 0.200. The van der Waals surface area contributed by atoms with Gasteiger partial charge in [-0.15, -0.1) is 0 Å². The molecule has 0 aromatic heterocycles. The van der Waals surface area contributed by atoms with Crippen LogP contribution >= 0.6 is 0 Å². The van der Waals surface area contributed by atoms with Crippen molar-refractivity contribution in [2.24, 2.45) is 11.8 Å². The van der Waals surface area contributed by atoms with E-state index in [1.54, 1.807) is 20.3 Å². The van der Waals surface area contributed by atoms with E-state index in [1.165, 1.54) is 5.56 Å². The van der Waals surface area contributed by atoms with Crippen LogP contribution in [-0.2, 0) is 12.8 Å². The van der Waals surface area contributed by atoms with E-state index >= 15 is 0 Å². The van der Waals surface area contributed by atoms with Gasteiger partial charge in [0.15, 0.2) is 11.5 Å². The molecule has 0 aliphatic heterocycles. The zero-order valence-electron chi connectivity index (χ0n) is 15.6. The van der Waals surface area contributed by atoms with Gasteiger partial charge in [0.05, 0.1) is 14.2 Å². The fraction of sp³-hybridized carbons (Fsp3) is 0.364. The predicted molar refractivity (Wildman–Crippen MR) is 103 cm³/mol. The molecule has 0 fully saturated rings. The minimum Gasteiger partial charge on any atom is -0.504 e. The van der Waals surface area contributed by atoms with Crippen LogP contribution in [0.4, 0.5) is 0 Å². The van der Waals surface area contributed by atoms with Crippen molar-refractivity contribution >= 4 is 6.08 Å². The molecule has 1 N–H and O–H groups in total. The number of phenols is 1. The molecule has 0 saturated heterocycles. The fourth-order valence-corrected chi connectivity index (χ4v) is 3.08. The second kappa shape index (κ2) is 8.61. The molecule has 25 heavy (non-hydrogen) atoms. The van der Waals surface area contributed by atoms with Crippen molar-refractivity contribution in [1.29, 1.82) is 0 Å². The van der Waals surface area contributed by atoms with E-state index in [9.17, 15) is 5.11 Å². The van der Waals surface area contributed by atoms with Crippen LogP contribution in [0.1, 0.15) is 30.5 Å². The Morgan fingerprint density at radius 3 is 1.92 bits per heavy atom. The third-order valence-electron chi connectivity index (χ3n) is 4.84. The van der Waals surface area contributed by atoms with Crippen LogP contribution in [0.3, 0.4) is 0 Å². The molecular weight excluding hydrogens is 312 g/mol. The van der Waals surface area contributed by atoms with E-state index in [1.807, 2.05) is 24.3 Å². The Labute approximate surface area is 150 Å². The van der Waals surface area contributed by atoms with Crippen LogP contribution < -0.4 is 9.47 Å². The Bertz CT molecular complexity index is 721. The van der Waals surface area contributed by atoms with E-state index in [0.29, 0.717) is 17.6 Å². The normalized spacial score (nSPS) is 13.1. The number of hydrogen-bond acceptors (Lipinski definition) is 3. The zero-order chi connectivity index (χ0) is 18.4. The van der Waals surface area contributed by atoms with Gasteiger partial charge in [-0.3, -0.25) is 0 Å². The molecule has 2 aromatic rings. The lowest BCUT2D eigenvalue weighted by atomic mass is 9.85. The molecule has 2 unspecified atom stereocenters. The summed E-state index contributed by atoms with van der Waals surface area (Å²) in [6, 6.07) is 11.9. The number of hydrogen-bond donors (Lipinski definition) is 1. The lowest BCUT2D eigenvalue weighted by Gasteiger charge is -2.21. The van der Waals surface area contributed by atoms with Crippen LogP contribution in [0, 0.1) is 11.8 Å². The van der Waals surface area contributed by atoms with Gasteiger partial charge < -0.3 is 14.6 Å². The van der Waals surface area contributed by atoms with E-state index in [-0.39, 0.29) is 5.75 Å². The minimum atomic E-state index is 0.200. The average molecular weight is 340 g/mol. The highest BCUT2D eigenvalue weighted by atomic mass is 16.5. The molecule has 3 heteroatoms. The summed E-state index contributed by atoms with van der Waals surface area (Å²) in [7, 11) is 3.24. The number of benzene rings is 2. The maximum Gasteiger partial charge on any atom is 0.160 e. The van der Waals surface area contributed by atoms with Crippen molar-refractivity contribution < 1.29 is 14.6 Å². The van der Waals surface area contributed by atoms with Crippen molar-refractivity contribution in [2.45, 2.75) is 26.7 Å². The number of ether oxygens (including phenoxy) is 2. The Hall–Kier alpha value is -2.42. The third kappa shape index (κ3) is 4.79. The number of aromatic hydroxyl groups is 1. The average Bonchev–Trinajstić information content (AvgIpc) is 2.61. The molecule has 0 amide bonds. The van der Waals surface area contributed by atoms with Crippen LogP contribution in [0.5, 0.6) is 17.2 Å². The first-order valence-electron chi connectivity index (χ1n) is 8.63. The Morgan fingerprint density at radius 1 is 0.920 bits per heavy atom. The molecule has 134 valence electrons. The second-order valence-corrected chi connectivity index (χ2v) is 6.65. The van der Waals surface area contributed by atoms with E-state index in [4.69, 9.17) is 9.47 Å². The molecule has 0 spiro atoms. The van der Waals surface area contributed by atoms with Crippen molar-refractivity contribution in [3.8, 4) is 17.2 Å². The maximum absolute atomic E-state index is 9.94. The van der Waals surface area contributed by atoms with Crippen LogP contribution in [0.15, 0.2) is 43.0 Å². The lowest BCUT2D eigenvalue weighted by Crippen LogP contribution is -2.13. The molecular formula is C22H28O3. The predicted octanol–water partition coefficient (Wildman–Crippen LogP) is 5.11. The van der Waals surface area contributed by atoms with Crippen LogP contribution in [0.2, 0.25) is 0 Å². The van der Waals surface area contributed by atoms with Gasteiger partial charge in [-0.25, -0.2) is 0 Å². The first-order chi connectivity index (χ1) is 12.0. The highest BCUT2D eigenvalue weighted by Crippen LogP contribution is 2.29. The molecule has 3 nitrogen and oxygen atoms in total. The summed E-state index contributed by atoms with van der Waals surface area (Å²) in [4.78, 5) is 0. The first kappa shape index (κ1) is 18.9. The van der Waals surface area contributed by atoms with E-state index < -0.39 is 0 Å². The summed E-state index contributed by atoms with van der Waals surface area (Å²) in [5, 5.41) is 9.94. The third-order valence-corrected chi connectivity index (χ3v) is 4.84. The number of rotatable bonds is 8. The Morgan fingerprint density at radius 2 is 1.44 bits per heavy atom. The summed E-state index contributed by atoms with van der Waals surface area (Å²) in [6.45, 7) is 8.38. The molecule has 0 saturated carbocycles. The summed E-state index contributed by atoms with van der Waals surface area (Å²) in [6.07, 6.45) is 3.74. The monoisotopic (exact) mass is 340 g/mol. The number of methoxy groups -OCH3 is 2. The van der Waals surface area contributed by atoms with Gasteiger partial charge in [0, 0.05) is 5.56 Å². The first-order valence-corrected chi connectivity index (χ1v) is 8.63. The Kier molecular flexibility index (Phi) is 6.51. The molecule has 2 atom stereocenters. The van der Waals surface area contributed by atoms with Crippen molar-refractivity contribution in [2.75, 3.05) is 14.2 Å². The number of phenolic OH excluding ortho intramolecular Hbond substituents is 1. The molecule has 2 rings (SSSR count). The maximum atomic E-state index is 9.94. The van der Waals surface area contributed by atoms with Gasteiger partial charge in [0.25, 0.3) is 0 Å². The second-order valence-electron chi connectivity index (χ2n) is 6.65. The topological polar surface area (TPSA) is 38.7 Å². The molecule has 0 heterocycles. The fourth-order valence-electron chi connectivity index (χ4n) is 3.08. The van der Waals surface area contributed by atoms with Gasteiger partial charge in [-0.1, -0.05) is 38.6 Å². The van der Waals surface area contributed by atoms with Gasteiger partial charge in [0.1, 0.15) is 5.75 Å². The Balaban J connectivity index is 2.03. The molecule has 0 aliphatic carbocycles. The van der Waals surface area contributed by atoms with Gasteiger partial charge in [-0.05, 0) is 60.1 Å². The van der Waals surface area contributed by atoms with Gasteiger partial charge in [-0.2, -0.15) is 0 Å². The van der Waals surface area contributed by atoms with Gasteiger partial charge >= 0.3 is 0 Å². The zero-order valence-corrected chi connectivity index (χ0v) is 15.6. The summed E-state index contributed by atoms with van der Waals surface area (Å²) in [5.74, 6) is 2.57. The SMILES string of the molecule is C=Cc1cc(CC(C)C(C)Cc2ccc(OC)c(O)c2)ccc1OC. The molecule has 0 aliphatic rings. The molecule has 0 radical (unpaired) electrons. The summed E-state index contributed by atoms with van der Waals surface area (Å²) >= 11 is 0. The molecule has 0 bridgehead atoms. The largest absolute Gasteiger partial charge is 0.504 e. The van der Waals surface area contributed by atoms with E-state index in [0.717, 1.165) is 29.7 Å². The molecule has 2 aromatic carbocycles. The summed E-state index contributed by atoms with van der Waals surface area (Å²) < 4.78 is 10.5. The van der Waals surface area contributed by atoms with Crippen LogP contribution in [0.25, 0.3) is 6.08 Å². The smallest absolute Gasteiger partial charge is 0.160 e. The van der Waals surface area contributed by atoms with Crippen LogP contribution in [-0.4, -0.2) is 19.3 Å². The highest BCUT2D eigenvalue weighted by Gasteiger charge is 2.15. The summed E-state index contributed by atoms with van der Waals surface area (Å²) in [5.41, 5.74) is 3.44. The van der Waals surface area contributed by atoms with Crippen molar-refractivity contribution in [1.82, 2.24) is 0 Å². The highest BCUT2D eigenvalue weighted by molar-refractivity contribution is 5.56. The van der Waals surface area contributed by atoms with E-state index in [2.05, 4.69) is 32.6 Å². The lowest BCUT2D eigenvalue weighted by molar-refractivity contribution is 0.368. The van der Waals surface area contributed by atoms with Gasteiger partial charge in [0.2, 0.25) is 0 Å². The standard InChI is InChI=1S/C22H28O3/c1-6-19-13-17(7-9-21(19)24-4)11-15(2)16(3)12-18-8-10-22(25-5)20(23)14-18/h6-10,13-16,23H,1,11-12H2,2-5H3. The van der Waals surface area contributed by atoms with Crippen molar-refractivity contribution in [3.05, 3.63) is 59.7 Å². The van der Waals surface area contributed by atoms with Crippen molar-refractivity contribution in [3.63, 3.8) is 0 Å².